The summed E-state index contributed by atoms with van der Waals surface area (Å²) in [5, 5.41) is 18.4. The van der Waals surface area contributed by atoms with Crippen LogP contribution >= 0.6 is 10.0 Å². The number of amides is 3. The number of aliphatic carboxylic acids is 1. The lowest BCUT2D eigenvalue weighted by Gasteiger charge is -2.50. The van der Waals surface area contributed by atoms with Gasteiger partial charge in [0.05, 0.1) is 24.3 Å². The predicted molar refractivity (Wildman–Crippen MR) is 82.7 cm³/mol. The van der Waals surface area contributed by atoms with E-state index in [-0.39, 0.29) is 18.9 Å². The molecule has 9 nitrogen and oxygen atoms in total. The smallest absolute Gasteiger partial charge is 0.327 e. The number of hydrogen-bond donors (Lipinski definition) is 3. The summed E-state index contributed by atoms with van der Waals surface area (Å²) >= 11 is 0. The molecule has 0 aromatic heterocycles. The first kappa shape index (κ1) is 17.5. The lowest BCUT2D eigenvalue weighted by molar-refractivity contribution is -0.157. The lowest BCUT2D eigenvalue weighted by Crippen LogP contribution is -2.57. The normalized spacial score (nSPS) is 34.1. The summed E-state index contributed by atoms with van der Waals surface area (Å²) in [5.41, 5.74) is 5.11. The third kappa shape index (κ3) is 2.12. The molecule has 0 aromatic carbocycles. The second kappa shape index (κ2) is 5.38. The predicted octanol–water partition coefficient (Wildman–Crippen LogP) is -0.918. The molecular formula is C13H21N3O6S. The van der Waals surface area contributed by atoms with E-state index >= 15 is 0 Å². The van der Waals surface area contributed by atoms with Crippen LogP contribution in [0.4, 0.5) is 4.79 Å². The highest BCUT2D eigenvalue weighted by molar-refractivity contribution is 8.46. The van der Waals surface area contributed by atoms with Gasteiger partial charge in [0.2, 0.25) is 11.8 Å². The molecule has 1 unspecified atom stereocenters. The van der Waals surface area contributed by atoms with Crippen molar-refractivity contribution in [1.29, 1.82) is 0 Å². The highest BCUT2D eigenvalue weighted by atomic mass is 32.3. The lowest BCUT2D eigenvalue weighted by atomic mass is 9.98. The Morgan fingerprint density at radius 3 is 2.35 bits per heavy atom. The largest absolute Gasteiger partial charge is 0.480 e. The number of hydrogen-bond acceptors (Lipinski definition) is 5. The van der Waals surface area contributed by atoms with E-state index in [2.05, 4.69) is 0 Å². The Morgan fingerprint density at radius 2 is 2.00 bits per heavy atom. The number of carbonyl (C=O) groups is 4. The molecule has 0 aliphatic carbocycles. The van der Waals surface area contributed by atoms with Crippen molar-refractivity contribution in [3.05, 3.63) is 0 Å². The number of primary amides is 1. The molecule has 23 heavy (non-hydrogen) atoms. The van der Waals surface area contributed by atoms with Crippen LogP contribution < -0.4 is 5.73 Å². The Kier molecular flexibility index (Phi) is 4.10. The molecule has 2 aliphatic heterocycles. The van der Waals surface area contributed by atoms with Crippen molar-refractivity contribution < 1.29 is 29.4 Å². The van der Waals surface area contributed by atoms with Crippen LogP contribution in [0.3, 0.4) is 0 Å². The molecule has 2 fully saturated rings. The van der Waals surface area contributed by atoms with Crippen molar-refractivity contribution in [2.45, 2.75) is 36.4 Å². The third-order valence-corrected chi connectivity index (χ3v) is 9.51. The van der Waals surface area contributed by atoms with Crippen molar-refractivity contribution in [3.63, 3.8) is 0 Å². The molecule has 0 saturated carbocycles. The van der Waals surface area contributed by atoms with Gasteiger partial charge < -0.3 is 25.7 Å². The van der Waals surface area contributed by atoms with Crippen LogP contribution in [0.5, 0.6) is 0 Å². The number of β-lactam (4-membered cyclic amide) rings is 1. The van der Waals surface area contributed by atoms with Crippen LogP contribution in [-0.4, -0.2) is 78.7 Å². The summed E-state index contributed by atoms with van der Waals surface area (Å²) in [5.74, 6) is -2.80. The monoisotopic (exact) mass is 347 g/mol. The molecule has 0 bridgehead atoms. The van der Waals surface area contributed by atoms with E-state index in [1.165, 1.54) is 11.9 Å². The molecule has 0 spiro atoms. The first-order valence-corrected chi connectivity index (χ1v) is 8.86. The van der Waals surface area contributed by atoms with Gasteiger partial charge in [0.25, 0.3) is 5.24 Å². The summed E-state index contributed by atoms with van der Waals surface area (Å²) in [6.07, 6.45) is 0.0270. The highest BCUT2D eigenvalue weighted by Crippen LogP contribution is 2.73. The van der Waals surface area contributed by atoms with Gasteiger partial charge in [0.1, 0.15) is 6.04 Å². The number of carbonyl (C=O) groups excluding carboxylic acids is 3. The van der Waals surface area contributed by atoms with Crippen molar-refractivity contribution in [1.82, 2.24) is 9.80 Å². The molecule has 2 rings (SSSR count). The fourth-order valence-electron chi connectivity index (χ4n) is 3.57. The number of aliphatic hydroxyl groups is 1. The maximum Gasteiger partial charge on any atom is 0.327 e. The maximum absolute atomic E-state index is 13.0. The van der Waals surface area contributed by atoms with Gasteiger partial charge in [0.15, 0.2) is 0 Å². The summed E-state index contributed by atoms with van der Waals surface area (Å²) in [6.45, 7) is 2.83. The Balaban J connectivity index is 2.52. The maximum atomic E-state index is 13.0. The van der Waals surface area contributed by atoms with Crippen LogP contribution in [0.15, 0.2) is 0 Å². The van der Waals surface area contributed by atoms with Crippen LogP contribution in [0, 0.1) is 0 Å². The molecule has 2 heterocycles. The second-order valence-corrected chi connectivity index (χ2v) is 10.1. The molecular weight excluding hydrogens is 326 g/mol. The van der Waals surface area contributed by atoms with E-state index < -0.39 is 49.2 Å². The molecule has 2 aliphatic rings. The van der Waals surface area contributed by atoms with Gasteiger partial charge >= 0.3 is 5.97 Å². The topological polar surface area (TPSA) is 141 Å². The summed E-state index contributed by atoms with van der Waals surface area (Å²) in [4.78, 5) is 49.9. The third-order valence-electron chi connectivity index (χ3n) is 4.74. The first-order valence-electron chi connectivity index (χ1n) is 7.00. The van der Waals surface area contributed by atoms with Gasteiger partial charge in [-0.05, 0) is 13.8 Å². The first-order chi connectivity index (χ1) is 10.5. The molecule has 130 valence electrons. The average Bonchev–Trinajstić information content (AvgIpc) is 2.58. The van der Waals surface area contributed by atoms with Gasteiger partial charge in [-0.2, -0.15) is 0 Å². The molecule has 3 atom stereocenters. The zero-order valence-corrected chi connectivity index (χ0v) is 14.0. The summed E-state index contributed by atoms with van der Waals surface area (Å²) in [6, 6.07) is -1.18. The summed E-state index contributed by atoms with van der Waals surface area (Å²) in [7, 11) is -1.23. The van der Waals surface area contributed by atoms with Crippen LogP contribution in [-0.2, 0) is 14.4 Å². The van der Waals surface area contributed by atoms with Gasteiger partial charge in [-0.1, -0.05) is 0 Å². The standard InChI is InChI=1S/C13H21N3O6S/c1-13(2)10(11(20)21)16-8(19)4-9(16)23(13,6-17)12(22)15(3)5-7(14)18/h9-10,17H,4-6H2,1-3H3,(H2,14,18)(H,20,21)/t9-,10+/m1/s1. The minimum Gasteiger partial charge on any atom is -0.480 e. The van der Waals surface area contributed by atoms with Crippen molar-refractivity contribution in [2.75, 3.05) is 19.5 Å². The number of fused-ring (bicyclic) bond motifs is 1. The fourth-order valence-corrected chi connectivity index (χ4v) is 7.86. The highest BCUT2D eigenvalue weighted by Gasteiger charge is 2.71. The average molecular weight is 347 g/mol. The van der Waals surface area contributed by atoms with Gasteiger partial charge in [-0.3, -0.25) is 14.4 Å². The van der Waals surface area contributed by atoms with Crippen LogP contribution in [0.25, 0.3) is 0 Å². The van der Waals surface area contributed by atoms with Gasteiger partial charge in [0, 0.05) is 11.8 Å². The Bertz CT molecular complexity index is 594. The molecule has 10 heteroatoms. The number of carboxylic acid groups (broad SMARTS) is 1. The van der Waals surface area contributed by atoms with Gasteiger partial charge in [-0.25, -0.2) is 4.79 Å². The second-order valence-electron chi connectivity index (χ2n) is 6.31. The van der Waals surface area contributed by atoms with E-state index in [0.717, 1.165) is 4.90 Å². The molecule has 0 radical (unpaired) electrons. The number of carboxylic acids is 1. The minimum absolute atomic E-state index is 0.0270. The fraction of sp³-hybridized carbons (Fsp3) is 0.692. The van der Waals surface area contributed by atoms with E-state index in [0.29, 0.717) is 0 Å². The Labute approximate surface area is 134 Å². The Morgan fingerprint density at radius 1 is 1.43 bits per heavy atom. The zero-order chi connectivity index (χ0) is 17.7. The van der Waals surface area contributed by atoms with E-state index in [1.807, 2.05) is 0 Å². The minimum atomic E-state index is -2.61. The summed E-state index contributed by atoms with van der Waals surface area (Å²) < 4.78 is -1.13. The van der Waals surface area contributed by atoms with Crippen LogP contribution in [0.1, 0.15) is 20.3 Å². The number of nitrogens with zero attached hydrogens (tertiary/aromatic N) is 2. The molecule has 4 N–H and O–H groups in total. The Hall–Kier alpha value is -1.81. The number of rotatable bonds is 4. The number of nitrogens with two attached hydrogens (primary N) is 1. The molecule has 3 amide bonds. The van der Waals surface area contributed by atoms with Crippen LogP contribution in [0.2, 0.25) is 0 Å². The SMILES string of the molecule is CN(CC(N)=O)C(=O)S1(CO)[C@@H]2CC(=O)N2[C@@H](C(=O)O)C1(C)C. The van der Waals surface area contributed by atoms with Gasteiger partial charge in [-0.15, -0.1) is 10.0 Å². The quantitative estimate of drug-likeness (QED) is 0.562. The van der Waals surface area contributed by atoms with E-state index in [9.17, 15) is 29.4 Å². The van der Waals surface area contributed by atoms with Crippen molar-refractivity contribution in [3.8, 4) is 0 Å². The van der Waals surface area contributed by atoms with E-state index in [4.69, 9.17) is 5.73 Å². The number of likely N-dealkylation sites (N-methyl/N-ethyl adjacent to an activating group) is 1. The van der Waals surface area contributed by atoms with Crippen molar-refractivity contribution in [2.24, 2.45) is 5.73 Å². The van der Waals surface area contributed by atoms with E-state index in [1.54, 1.807) is 13.8 Å². The number of aliphatic hydroxyl groups excluding tert-OH is 1. The molecule has 0 aromatic rings. The molecule has 2 saturated heterocycles. The zero-order valence-electron chi connectivity index (χ0n) is 13.2. The van der Waals surface area contributed by atoms with Crippen molar-refractivity contribution >= 4 is 33.1 Å².